The molecule has 0 aliphatic rings. The van der Waals surface area contributed by atoms with Crippen LogP contribution in [0.4, 0.5) is 0 Å². The molecule has 0 saturated carbocycles. The van der Waals surface area contributed by atoms with Crippen molar-refractivity contribution in [1.82, 2.24) is 15.0 Å². The van der Waals surface area contributed by atoms with Crippen LogP contribution < -0.4 is 4.74 Å². The van der Waals surface area contributed by atoms with E-state index >= 15 is 0 Å². The molecule has 0 amide bonds. The fraction of sp³-hybridized carbons (Fsp3) is 0.400. The average Bonchev–Trinajstić information content (AvgIpc) is 3.07. The lowest BCUT2D eigenvalue weighted by Crippen LogP contribution is -1.98. The number of ether oxygens (including phenoxy) is 2. The fourth-order valence-electron chi connectivity index (χ4n) is 2.36. The summed E-state index contributed by atoms with van der Waals surface area (Å²) in [7, 11) is 1.64. The third kappa shape index (κ3) is 6.19. The summed E-state index contributed by atoms with van der Waals surface area (Å²) in [6.45, 7) is 7.41. The Kier molecular flexibility index (Phi) is 7.41. The Morgan fingerprint density at radius 3 is 2.72 bits per heavy atom. The van der Waals surface area contributed by atoms with Crippen LogP contribution in [0.15, 0.2) is 53.8 Å². The molecular weight excluding hydrogens is 314 g/mol. The van der Waals surface area contributed by atoms with Crippen molar-refractivity contribution in [3.05, 3.63) is 59.5 Å². The molecule has 134 valence electrons. The van der Waals surface area contributed by atoms with E-state index in [0.717, 1.165) is 30.0 Å². The number of para-hydroxylation sites is 2. The molecule has 0 spiro atoms. The fourth-order valence-corrected chi connectivity index (χ4v) is 2.36. The van der Waals surface area contributed by atoms with Crippen LogP contribution >= 0.6 is 0 Å². The average molecular weight is 341 g/mol. The van der Waals surface area contributed by atoms with Gasteiger partial charge in [0.25, 0.3) is 0 Å². The lowest BCUT2D eigenvalue weighted by Gasteiger charge is -2.06. The molecule has 2 aromatic rings. The van der Waals surface area contributed by atoms with E-state index in [4.69, 9.17) is 9.47 Å². The van der Waals surface area contributed by atoms with Crippen LogP contribution in [-0.2, 0) is 11.3 Å². The molecule has 5 nitrogen and oxygen atoms in total. The van der Waals surface area contributed by atoms with Crippen LogP contribution in [0.1, 0.15) is 39.3 Å². The van der Waals surface area contributed by atoms with Crippen molar-refractivity contribution in [2.75, 3.05) is 13.7 Å². The molecule has 5 heteroatoms. The van der Waals surface area contributed by atoms with Crippen LogP contribution in [0, 0.1) is 0 Å². The summed E-state index contributed by atoms with van der Waals surface area (Å²) < 4.78 is 12.7. The van der Waals surface area contributed by atoms with Crippen molar-refractivity contribution in [2.24, 2.45) is 0 Å². The van der Waals surface area contributed by atoms with E-state index in [9.17, 15) is 0 Å². The van der Waals surface area contributed by atoms with Crippen molar-refractivity contribution in [3.8, 4) is 11.4 Å². The number of aromatic nitrogens is 3. The number of benzene rings is 1. The zero-order chi connectivity index (χ0) is 18.1. The number of allylic oxidation sites excluding steroid dienone is 3. The maximum absolute atomic E-state index is 5.68. The maximum Gasteiger partial charge on any atom is 0.144 e. The molecule has 1 aromatic carbocycles. The second-order valence-corrected chi connectivity index (χ2v) is 6.21. The molecule has 2 rings (SSSR count). The number of rotatable bonds is 9. The zero-order valence-corrected chi connectivity index (χ0v) is 15.5. The minimum atomic E-state index is 0.437. The van der Waals surface area contributed by atoms with Crippen LogP contribution in [0.3, 0.4) is 0 Å². The predicted octanol–water partition coefficient (Wildman–Crippen LogP) is 4.49. The second-order valence-electron chi connectivity index (χ2n) is 6.21. The summed E-state index contributed by atoms with van der Waals surface area (Å²) in [6.07, 6.45) is 8.40. The normalized spacial score (nSPS) is 11.4. The van der Waals surface area contributed by atoms with Gasteiger partial charge < -0.3 is 9.47 Å². The van der Waals surface area contributed by atoms with Crippen LogP contribution in [-0.4, -0.2) is 28.7 Å². The van der Waals surface area contributed by atoms with Gasteiger partial charge in [-0.05, 0) is 45.7 Å². The molecule has 0 atom stereocenters. The number of hydrogen-bond donors (Lipinski definition) is 0. The number of methoxy groups -OCH3 is 1. The van der Waals surface area contributed by atoms with Crippen molar-refractivity contribution in [3.63, 3.8) is 0 Å². The maximum atomic E-state index is 5.68. The highest BCUT2D eigenvalue weighted by atomic mass is 16.5. The summed E-state index contributed by atoms with van der Waals surface area (Å²) in [6, 6.07) is 7.71. The lowest BCUT2D eigenvalue weighted by molar-refractivity contribution is 0.145. The number of nitrogens with zero attached hydrogens (tertiary/aromatic N) is 3. The van der Waals surface area contributed by atoms with Gasteiger partial charge in [0, 0.05) is 0 Å². The first-order valence-electron chi connectivity index (χ1n) is 8.51. The van der Waals surface area contributed by atoms with E-state index in [1.165, 1.54) is 11.1 Å². The molecule has 0 bridgehead atoms. The molecule has 1 aromatic heterocycles. The van der Waals surface area contributed by atoms with Gasteiger partial charge in [0.05, 0.1) is 26.5 Å². The van der Waals surface area contributed by atoms with E-state index < -0.39 is 0 Å². The Balaban J connectivity index is 1.83. The smallest absolute Gasteiger partial charge is 0.144 e. The van der Waals surface area contributed by atoms with Gasteiger partial charge in [-0.2, -0.15) is 0 Å². The molecule has 0 radical (unpaired) electrons. The summed E-state index contributed by atoms with van der Waals surface area (Å²) in [5.41, 5.74) is 4.36. The van der Waals surface area contributed by atoms with Gasteiger partial charge >= 0.3 is 0 Å². The zero-order valence-electron chi connectivity index (χ0n) is 15.5. The van der Waals surface area contributed by atoms with E-state index in [2.05, 4.69) is 43.2 Å². The van der Waals surface area contributed by atoms with Crippen molar-refractivity contribution >= 4 is 0 Å². The van der Waals surface area contributed by atoms with Crippen molar-refractivity contribution in [1.29, 1.82) is 0 Å². The van der Waals surface area contributed by atoms with E-state index in [0.29, 0.717) is 13.2 Å². The summed E-state index contributed by atoms with van der Waals surface area (Å²) >= 11 is 0. The minimum Gasteiger partial charge on any atom is -0.494 e. The van der Waals surface area contributed by atoms with Gasteiger partial charge in [-0.3, -0.25) is 0 Å². The molecule has 25 heavy (non-hydrogen) atoms. The molecule has 0 saturated heterocycles. The van der Waals surface area contributed by atoms with Crippen molar-refractivity contribution < 1.29 is 9.47 Å². The molecule has 0 N–H and O–H groups in total. The molecule has 1 heterocycles. The summed E-state index contributed by atoms with van der Waals surface area (Å²) in [5, 5.41) is 8.31. The highest BCUT2D eigenvalue weighted by Gasteiger charge is 2.07. The second kappa shape index (κ2) is 9.79. The van der Waals surface area contributed by atoms with Gasteiger partial charge in [-0.15, -0.1) is 5.10 Å². The third-order valence-corrected chi connectivity index (χ3v) is 3.76. The van der Waals surface area contributed by atoms with Gasteiger partial charge in [0.15, 0.2) is 0 Å². The van der Waals surface area contributed by atoms with Gasteiger partial charge in [0.1, 0.15) is 17.1 Å². The summed E-state index contributed by atoms with van der Waals surface area (Å²) in [5.74, 6) is 0.759. The SMILES string of the molecule is COc1ccccc1-n1cc(COC/C=C(\C)CCC=C(C)C)nn1. The van der Waals surface area contributed by atoms with Gasteiger partial charge in [0.2, 0.25) is 0 Å². The minimum absolute atomic E-state index is 0.437. The van der Waals surface area contributed by atoms with E-state index in [-0.39, 0.29) is 0 Å². The van der Waals surface area contributed by atoms with Gasteiger partial charge in [-0.25, -0.2) is 4.68 Å². The van der Waals surface area contributed by atoms with Crippen LogP contribution in [0.25, 0.3) is 5.69 Å². The standard InChI is InChI=1S/C20H27N3O2/c1-16(2)8-7-9-17(3)12-13-25-15-18-14-23(22-21-18)19-10-5-6-11-20(19)24-4/h5-6,8,10-12,14H,7,9,13,15H2,1-4H3/b17-12+. The van der Waals surface area contributed by atoms with Crippen molar-refractivity contribution in [2.45, 2.75) is 40.2 Å². The molecule has 0 fully saturated rings. The first kappa shape index (κ1) is 18.9. The highest BCUT2D eigenvalue weighted by molar-refractivity contribution is 5.45. The topological polar surface area (TPSA) is 49.2 Å². The summed E-state index contributed by atoms with van der Waals surface area (Å²) in [4.78, 5) is 0. The van der Waals surface area contributed by atoms with E-state index in [1.54, 1.807) is 11.8 Å². The molecule has 0 unspecified atom stereocenters. The molecule has 0 aliphatic heterocycles. The molecular formula is C20H27N3O2. The Hall–Kier alpha value is -2.40. The lowest BCUT2D eigenvalue weighted by atomic mass is 10.1. The predicted molar refractivity (Wildman–Crippen MR) is 100.0 cm³/mol. The Labute approximate surface area is 150 Å². The van der Waals surface area contributed by atoms with E-state index in [1.807, 2.05) is 30.5 Å². The molecule has 0 aliphatic carbocycles. The largest absolute Gasteiger partial charge is 0.494 e. The van der Waals surface area contributed by atoms with Crippen LogP contribution in [0.2, 0.25) is 0 Å². The first-order chi connectivity index (χ1) is 12.1. The quantitative estimate of drug-likeness (QED) is 0.498. The van der Waals surface area contributed by atoms with Crippen LogP contribution in [0.5, 0.6) is 5.75 Å². The Bertz CT molecular complexity index is 728. The van der Waals surface area contributed by atoms with Gasteiger partial charge in [-0.1, -0.05) is 40.6 Å². The number of hydrogen-bond acceptors (Lipinski definition) is 4. The highest BCUT2D eigenvalue weighted by Crippen LogP contribution is 2.21. The third-order valence-electron chi connectivity index (χ3n) is 3.76. The first-order valence-corrected chi connectivity index (χ1v) is 8.51. The Morgan fingerprint density at radius 1 is 1.16 bits per heavy atom. The monoisotopic (exact) mass is 341 g/mol. The Morgan fingerprint density at radius 2 is 1.96 bits per heavy atom.